The SMILES string of the molecule is COc1ccc2nc(NCCN3CCCC3)sc2c1. The summed E-state index contributed by atoms with van der Waals surface area (Å²) in [7, 11) is 1.69. The zero-order valence-corrected chi connectivity index (χ0v) is 12.0. The molecule has 1 aromatic heterocycles. The normalized spacial score (nSPS) is 16.1. The Balaban J connectivity index is 1.61. The van der Waals surface area contributed by atoms with Crippen LogP contribution in [0.25, 0.3) is 10.2 Å². The van der Waals surface area contributed by atoms with Crippen molar-refractivity contribution < 1.29 is 4.74 Å². The second-order valence-corrected chi connectivity index (χ2v) is 5.86. The summed E-state index contributed by atoms with van der Waals surface area (Å²) in [6.45, 7) is 4.58. The fraction of sp³-hybridized carbons (Fsp3) is 0.500. The van der Waals surface area contributed by atoms with Crippen LogP contribution in [0.15, 0.2) is 18.2 Å². The smallest absolute Gasteiger partial charge is 0.183 e. The fourth-order valence-corrected chi connectivity index (χ4v) is 3.35. The molecular weight excluding hydrogens is 258 g/mol. The number of ether oxygens (including phenoxy) is 1. The van der Waals surface area contributed by atoms with Gasteiger partial charge >= 0.3 is 0 Å². The summed E-state index contributed by atoms with van der Waals surface area (Å²) in [6, 6.07) is 6.00. The Hall–Kier alpha value is -1.33. The number of anilines is 1. The first-order chi connectivity index (χ1) is 9.35. The second-order valence-electron chi connectivity index (χ2n) is 4.83. The summed E-state index contributed by atoms with van der Waals surface area (Å²) < 4.78 is 6.40. The Kier molecular flexibility index (Phi) is 3.84. The maximum Gasteiger partial charge on any atom is 0.183 e. The van der Waals surface area contributed by atoms with Crippen LogP contribution in [0.1, 0.15) is 12.8 Å². The average molecular weight is 277 g/mol. The van der Waals surface area contributed by atoms with Gasteiger partial charge in [0, 0.05) is 13.1 Å². The molecule has 1 fully saturated rings. The lowest BCUT2D eigenvalue weighted by atomic mass is 10.3. The highest BCUT2D eigenvalue weighted by atomic mass is 32.1. The van der Waals surface area contributed by atoms with Crippen LogP contribution in [0.3, 0.4) is 0 Å². The Bertz CT molecular complexity index is 549. The molecule has 4 nitrogen and oxygen atoms in total. The summed E-state index contributed by atoms with van der Waals surface area (Å²) in [5.74, 6) is 0.889. The third-order valence-corrected chi connectivity index (χ3v) is 4.47. The average Bonchev–Trinajstić information content (AvgIpc) is 3.06. The van der Waals surface area contributed by atoms with Gasteiger partial charge in [-0.25, -0.2) is 4.98 Å². The zero-order valence-electron chi connectivity index (χ0n) is 11.2. The van der Waals surface area contributed by atoms with E-state index in [1.54, 1.807) is 18.4 Å². The molecule has 5 heteroatoms. The molecule has 0 radical (unpaired) electrons. The van der Waals surface area contributed by atoms with Gasteiger partial charge in [0.1, 0.15) is 5.75 Å². The highest BCUT2D eigenvalue weighted by molar-refractivity contribution is 7.22. The van der Waals surface area contributed by atoms with Crippen LogP contribution in [0.4, 0.5) is 5.13 Å². The lowest BCUT2D eigenvalue weighted by molar-refractivity contribution is 0.352. The first kappa shape index (κ1) is 12.7. The van der Waals surface area contributed by atoms with Gasteiger partial charge in [-0.1, -0.05) is 11.3 Å². The van der Waals surface area contributed by atoms with Crippen LogP contribution >= 0.6 is 11.3 Å². The Morgan fingerprint density at radius 3 is 3.00 bits per heavy atom. The molecule has 0 bridgehead atoms. The first-order valence-electron chi connectivity index (χ1n) is 6.76. The molecular formula is C14H19N3OS. The van der Waals surface area contributed by atoms with Crippen LogP contribution in [0, 0.1) is 0 Å². The number of likely N-dealkylation sites (tertiary alicyclic amines) is 1. The van der Waals surface area contributed by atoms with Crippen molar-refractivity contribution in [2.24, 2.45) is 0 Å². The van der Waals surface area contributed by atoms with Crippen molar-refractivity contribution in [3.05, 3.63) is 18.2 Å². The molecule has 2 heterocycles. The van der Waals surface area contributed by atoms with Crippen molar-refractivity contribution in [2.45, 2.75) is 12.8 Å². The van der Waals surface area contributed by atoms with E-state index in [0.29, 0.717) is 0 Å². The highest BCUT2D eigenvalue weighted by Gasteiger charge is 2.11. The van der Waals surface area contributed by atoms with Gasteiger partial charge in [0.05, 0.1) is 17.3 Å². The predicted octanol–water partition coefficient (Wildman–Crippen LogP) is 2.81. The number of nitrogens with zero attached hydrogens (tertiary/aromatic N) is 2. The Morgan fingerprint density at radius 2 is 2.21 bits per heavy atom. The Morgan fingerprint density at radius 1 is 1.37 bits per heavy atom. The quantitative estimate of drug-likeness (QED) is 0.912. The van der Waals surface area contributed by atoms with E-state index in [9.17, 15) is 0 Å². The van der Waals surface area contributed by atoms with Gasteiger partial charge in [-0.3, -0.25) is 0 Å². The number of aromatic nitrogens is 1. The van der Waals surface area contributed by atoms with Gasteiger partial charge in [0.25, 0.3) is 0 Å². The van der Waals surface area contributed by atoms with Gasteiger partial charge in [-0.05, 0) is 44.1 Å². The molecule has 0 amide bonds. The van der Waals surface area contributed by atoms with E-state index in [0.717, 1.165) is 29.5 Å². The van der Waals surface area contributed by atoms with Crippen molar-refractivity contribution in [1.82, 2.24) is 9.88 Å². The molecule has 1 aromatic carbocycles. The Labute approximate surface area is 117 Å². The summed E-state index contributed by atoms with van der Waals surface area (Å²) in [4.78, 5) is 7.09. The highest BCUT2D eigenvalue weighted by Crippen LogP contribution is 2.28. The molecule has 1 N–H and O–H groups in total. The van der Waals surface area contributed by atoms with Crippen LogP contribution in [0.2, 0.25) is 0 Å². The van der Waals surface area contributed by atoms with E-state index < -0.39 is 0 Å². The van der Waals surface area contributed by atoms with Crippen molar-refractivity contribution in [3.8, 4) is 5.75 Å². The van der Waals surface area contributed by atoms with Gasteiger partial charge in [0.15, 0.2) is 5.13 Å². The number of rotatable bonds is 5. The minimum atomic E-state index is 0.889. The van der Waals surface area contributed by atoms with E-state index >= 15 is 0 Å². The maximum atomic E-state index is 5.23. The summed E-state index contributed by atoms with van der Waals surface area (Å²) in [5, 5.41) is 4.43. The van der Waals surface area contributed by atoms with Crippen molar-refractivity contribution >= 4 is 26.7 Å². The lowest BCUT2D eigenvalue weighted by Crippen LogP contribution is -2.25. The predicted molar refractivity (Wildman–Crippen MR) is 80.3 cm³/mol. The van der Waals surface area contributed by atoms with Gasteiger partial charge in [-0.15, -0.1) is 0 Å². The molecule has 0 spiro atoms. The van der Waals surface area contributed by atoms with Crippen molar-refractivity contribution in [3.63, 3.8) is 0 Å². The summed E-state index contributed by atoms with van der Waals surface area (Å²) in [5.41, 5.74) is 1.04. The van der Waals surface area contributed by atoms with Gasteiger partial charge in [0.2, 0.25) is 0 Å². The monoisotopic (exact) mass is 277 g/mol. The molecule has 2 aromatic rings. The summed E-state index contributed by atoms with van der Waals surface area (Å²) >= 11 is 1.69. The number of benzene rings is 1. The molecule has 1 saturated heterocycles. The van der Waals surface area contributed by atoms with Crippen LogP contribution < -0.4 is 10.1 Å². The van der Waals surface area contributed by atoms with E-state index in [4.69, 9.17) is 4.74 Å². The molecule has 1 aliphatic heterocycles. The van der Waals surface area contributed by atoms with E-state index in [1.807, 2.05) is 18.2 Å². The number of thiazole rings is 1. The second kappa shape index (κ2) is 5.75. The minimum Gasteiger partial charge on any atom is -0.497 e. The topological polar surface area (TPSA) is 37.4 Å². The van der Waals surface area contributed by atoms with Crippen LogP contribution in [-0.2, 0) is 0 Å². The molecule has 0 aliphatic carbocycles. The standard InChI is InChI=1S/C14H19N3OS/c1-18-11-4-5-12-13(10-11)19-14(16-12)15-6-9-17-7-2-3-8-17/h4-5,10H,2-3,6-9H2,1H3,(H,15,16). The lowest BCUT2D eigenvalue weighted by Gasteiger charge is -2.13. The van der Waals surface area contributed by atoms with Crippen molar-refractivity contribution in [1.29, 1.82) is 0 Å². The van der Waals surface area contributed by atoms with Gasteiger partial charge < -0.3 is 15.0 Å². The molecule has 1 aliphatic rings. The van der Waals surface area contributed by atoms with Crippen LogP contribution in [-0.4, -0.2) is 43.2 Å². The van der Waals surface area contributed by atoms with Gasteiger partial charge in [-0.2, -0.15) is 0 Å². The molecule has 102 valence electrons. The van der Waals surface area contributed by atoms with Crippen molar-refractivity contribution in [2.75, 3.05) is 38.6 Å². The zero-order chi connectivity index (χ0) is 13.1. The third kappa shape index (κ3) is 2.98. The largest absolute Gasteiger partial charge is 0.497 e. The van der Waals surface area contributed by atoms with Crippen LogP contribution in [0.5, 0.6) is 5.75 Å². The summed E-state index contributed by atoms with van der Waals surface area (Å²) in [6.07, 6.45) is 2.70. The third-order valence-electron chi connectivity index (χ3n) is 3.50. The fourth-order valence-electron chi connectivity index (χ4n) is 2.43. The number of hydrogen-bond donors (Lipinski definition) is 1. The van der Waals surface area contributed by atoms with E-state index in [2.05, 4.69) is 15.2 Å². The number of hydrogen-bond acceptors (Lipinski definition) is 5. The molecule has 19 heavy (non-hydrogen) atoms. The van der Waals surface area contributed by atoms with E-state index in [-0.39, 0.29) is 0 Å². The molecule has 3 rings (SSSR count). The minimum absolute atomic E-state index is 0.889. The number of nitrogens with one attached hydrogen (secondary N) is 1. The molecule has 0 unspecified atom stereocenters. The molecule has 0 saturated carbocycles. The number of methoxy groups -OCH3 is 1. The maximum absolute atomic E-state index is 5.23. The van der Waals surface area contributed by atoms with E-state index in [1.165, 1.54) is 30.6 Å². The number of fused-ring (bicyclic) bond motifs is 1. The molecule has 0 atom stereocenters. The first-order valence-corrected chi connectivity index (χ1v) is 7.57.